The van der Waals surface area contributed by atoms with Gasteiger partial charge < -0.3 is 5.32 Å². The van der Waals surface area contributed by atoms with Crippen molar-refractivity contribution in [2.24, 2.45) is 0 Å². The number of rotatable bonds is 6. The summed E-state index contributed by atoms with van der Waals surface area (Å²) in [7, 11) is 0. The Morgan fingerprint density at radius 1 is 1.11 bits per heavy atom. The molecule has 0 spiro atoms. The number of aryl methyl sites for hydroxylation is 1. The van der Waals surface area contributed by atoms with Gasteiger partial charge >= 0.3 is 0 Å². The molecule has 0 bridgehead atoms. The predicted molar refractivity (Wildman–Crippen MR) is 118 cm³/mol. The number of hydrogen-bond donors (Lipinski definition) is 1. The van der Waals surface area contributed by atoms with Gasteiger partial charge in [-0.05, 0) is 45.9 Å². The maximum Gasteiger partial charge on any atom is 0.226 e. The molecule has 0 saturated carbocycles. The monoisotopic (exact) mass is 485 g/mol. The number of halogens is 1. The summed E-state index contributed by atoms with van der Waals surface area (Å²) in [6.07, 6.45) is 5.73. The number of anilines is 1. The Balaban J connectivity index is 1.39. The molecule has 0 fully saturated rings. The lowest BCUT2D eigenvalue weighted by Crippen LogP contribution is -2.15. The minimum Gasteiger partial charge on any atom is -0.323 e. The molecule has 2 aromatic carbocycles. The molecule has 2 heterocycles. The molecular weight excluding hydrogens is 465 g/mol. The van der Waals surface area contributed by atoms with Crippen LogP contribution in [0.2, 0.25) is 0 Å². The van der Waals surface area contributed by atoms with Gasteiger partial charge in [-0.3, -0.25) is 14.2 Å². The van der Waals surface area contributed by atoms with Crippen molar-refractivity contribution in [3.05, 3.63) is 75.9 Å². The summed E-state index contributed by atoms with van der Waals surface area (Å²) in [6, 6.07) is 14.6. The number of amides is 1. The third-order valence-corrected chi connectivity index (χ3v) is 5.78. The number of nitrogens with zero attached hydrogens (tertiary/aromatic N) is 4. The van der Waals surface area contributed by atoms with Crippen LogP contribution in [0.5, 0.6) is 0 Å². The maximum atomic E-state index is 12.3. The van der Waals surface area contributed by atoms with Crippen molar-refractivity contribution in [1.29, 1.82) is 0 Å². The molecule has 4 aromatic rings. The summed E-state index contributed by atoms with van der Waals surface area (Å²) in [5, 5.41) is 14.0. The van der Waals surface area contributed by atoms with E-state index in [1.807, 2.05) is 40.8 Å². The predicted octanol–water partition coefficient (Wildman–Crippen LogP) is 4.22. The number of benzene rings is 2. The molecule has 1 N–H and O–H groups in total. The van der Waals surface area contributed by atoms with Gasteiger partial charge in [-0.25, -0.2) is 0 Å². The second-order valence-corrected chi connectivity index (χ2v) is 7.83. The fourth-order valence-corrected chi connectivity index (χ4v) is 3.60. The molecule has 28 heavy (non-hydrogen) atoms. The van der Waals surface area contributed by atoms with Crippen molar-refractivity contribution in [2.75, 3.05) is 5.32 Å². The Morgan fingerprint density at radius 3 is 2.75 bits per heavy atom. The van der Waals surface area contributed by atoms with E-state index in [-0.39, 0.29) is 5.91 Å². The van der Waals surface area contributed by atoms with E-state index in [9.17, 15) is 4.79 Å². The number of fused-ring (bicyclic) bond motifs is 1. The van der Waals surface area contributed by atoms with E-state index < -0.39 is 0 Å². The zero-order valence-corrected chi connectivity index (χ0v) is 17.6. The number of carbonyl (C=O) groups excluding carboxylic acids is 1. The lowest BCUT2D eigenvalue weighted by atomic mass is 10.0. The standard InChI is InChI=1S/C21H20IN5O/c1-15-20(22)12-24-27(15)10-9-21(28)25-18-11-23-26(14-18)13-17-7-4-6-16-5-2-3-8-19(16)17/h2-8,11-12,14H,9-10,13H2,1H3,(H,25,28). The number of carbonyl (C=O) groups is 1. The van der Waals surface area contributed by atoms with Crippen molar-refractivity contribution >= 4 is 45.0 Å². The van der Waals surface area contributed by atoms with Crippen molar-refractivity contribution in [2.45, 2.75) is 26.4 Å². The zero-order valence-electron chi connectivity index (χ0n) is 15.5. The van der Waals surface area contributed by atoms with Gasteiger partial charge in [0.25, 0.3) is 0 Å². The van der Waals surface area contributed by atoms with Gasteiger partial charge in [-0.1, -0.05) is 42.5 Å². The van der Waals surface area contributed by atoms with E-state index in [0.29, 0.717) is 25.2 Å². The molecule has 6 nitrogen and oxygen atoms in total. The lowest BCUT2D eigenvalue weighted by Gasteiger charge is -2.07. The van der Waals surface area contributed by atoms with E-state index in [0.717, 1.165) is 9.26 Å². The number of nitrogens with one attached hydrogen (secondary N) is 1. The van der Waals surface area contributed by atoms with E-state index in [1.165, 1.54) is 16.3 Å². The summed E-state index contributed by atoms with van der Waals surface area (Å²) in [6.45, 7) is 3.22. The van der Waals surface area contributed by atoms with Crippen LogP contribution in [-0.4, -0.2) is 25.5 Å². The normalized spacial score (nSPS) is 11.1. The van der Waals surface area contributed by atoms with Crippen LogP contribution in [0.25, 0.3) is 10.8 Å². The Morgan fingerprint density at radius 2 is 1.93 bits per heavy atom. The highest BCUT2D eigenvalue weighted by atomic mass is 127. The molecule has 0 atom stereocenters. The molecular formula is C21H20IN5O. The van der Waals surface area contributed by atoms with E-state index in [2.05, 4.69) is 68.4 Å². The van der Waals surface area contributed by atoms with Crippen molar-refractivity contribution < 1.29 is 4.79 Å². The minimum absolute atomic E-state index is 0.0466. The van der Waals surface area contributed by atoms with Crippen molar-refractivity contribution in [1.82, 2.24) is 19.6 Å². The van der Waals surface area contributed by atoms with E-state index in [4.69, 9.17) is 0 Å². The Hall–Kier alpha value is -2.68. The molecule has 0 aliphatic rings. The third-order valence-electron chi connectivity index (χ3n) is 4.72. The smallest absolute Gasteiger partial charge is 0.226 e. The van der Waals surface area contributed by atoms with Crippen LogP contribution in [0, 0.1) is 10.5 Å². The van der Waals surface area contributed by atoms with Gasteiger partial charge in [0.2, 0.25) is 5.91 Å². The van der Waals surface area contributed by atoms with Crippen molar-refractivity contribution in [3.63, 3.8) is 0 Å². The molecule has 0 unspecified atom stereocenters. The quantitative estimate of drug-likeness (QED) is 0.416. The first-order valence-corrected chi connectivity index (χ1v) is 10.1. The number of hydrogen-bond acceptors (Lipinski definition) is 3. The fourth-order valence-electron chi connectivity index (χ4n) is 3.20. The zero-order chi connectivity index (χ0) is 19.5. The third kappa shape index (κ3) is 4.09. The molecule has 142 valence electrons. The van der Waals surface area contributed by atoms with Gasteiger partial charge in [0, 0.05) is 18.3 Å². The summed E-state index contributed by atoms with van der Waals surface area (Å²) >= 11 is 2.24. The molecule has 4 rings (SSSR count). The van der Waals surface area contributed by atoms with Crippen LogP contribution in [0.3, 0.4) is 0 Å². The SMILES string of the molecule is Cc1c(I)cnn1CCC(=O)Nc1cnn(Cc2cccc3ccccc23)c1. The average molecular weight is 485 g/mol. The molecule has 0 saturated heterocycles. The Labute approximate surface area is 176 Å². The van der Waals surface area contributed by atoms with Gasteiger partial charge in [0.15, 0.2) is 0 Å². The highest BCUT2D eigenvalue weighted by molar-refractivity contribution is 14.1. The van der Waals surface area contributed by atoms with Gasteiger partial charge in [0.05, 0.1) is 34.7 Å². The lowest BCUT2D eigenvalue weighted by molar-refractivity contribution is -0.116. The van der Waals surface area contributed by atoms with Crippen LogP contribution >= 0.6 is 22.6 Å². The molecule has 0 aliphatic carbocycles. The average Bonchev–Trinajstić information content (AvgIpc) is 3.27. The van der Waals surface area contributed by atoms with Crippen LogP contribution in [-0.2, 0) is 17.9 Å². The fraction of sp³-hybridized carbons (Fsp3) is 0.190. The summed E-state index contributed by atoms with van der Waals surface area (Å²) in [4.78, 5) is 12.3. The first kappa shape index (κ1) is 18.7. The van der Waals surface area contributed by atoms with E-state index >= 15 is 0 Å². The Bertz CT molecular complexity index is 1130. The van der Waals surface area contributed by atoms with Crippen LogP contribution in [0.1, 0.15) is 17.7 Å². The second-order valence-electron chi connectivity index (χ2n) is 6.66. The number of aromatic nitrogens is 4. The second kappa shape index (κ2) is 8.14. The molecule has 1 amide bonds. The summed E-state index contributed by atoms with van der Waals surface area (Å²) < 4.78 is 4.80. The van der Waals surface area contributed by atoms with Gasteiger partial charge in [0.1, 0.15) is 0 Å². The maximum absolute atomic E-state index is 12.3. The molecule has 0 radical (unpaired) electrons. The minimum atomic E-state index is -0.0466. The van der Waals surface area contributed by atoms with Crippen LogP contribution in [0.4, 0.5) is 5.69 Å². The first-order chi connectivity index (χ1) is 13.6. The van der Waals surface area contributed by atoms with Gasteiger partial charge in [-0.15, -0.1) is 0 Å². The highest BCUT2D eigenvalue weighted by Crippen LogP contribution is 2.20. The topological polar surface area (TPSA) is 64.7 Å². The van der Waals surface area contributed by atoms with Crippen molar-refractivity contribution in [3.8, 4) is 0 Å². The van der Waals surface area contributed by atoms with E-state index in [1.54, 1.807) is 6.20 Å². The Kier molecular flexibility index (Phi) is 5.43. The van der Waals surface area contributed by atoms with Crippen LogP contribution < -0.4 is 5.32 Å². The van der Waals surface area contributed by atoms with Gasteiger partial charge in [-0.2, -0.15) is 10.2 Å². The largest absolute Gasteiger partial charge is 0.323 e. The molecule has 2 aromatic heterocycles. The molecule has 0 aliphatic heterocycles. The molecule has 7 heteroatoms. The summed E-state index contributed by atoms with van der Waals surface area (Å²) in [5.74, 6) is -0.0466. The summed E-state index contributed by atoms with van der Waals surface area (Å²) in [5.41, 5.74) is 2.98. The van der Waals surface area contributed by atoms with Crippen LogP contribution in [0.15, 0.2) is 61.1 Å². The highest BCUT2D eigenvalue weighted by Gasteiger charge is 2.09. The first-order valence-electron chi connectivity index (χ1n) is 9.07.